The number of benzene rings is 3. The first-order chi connectivity index (χ1) is 19.0. The van der Waals surface area contributed by atoms with Gasteiger partial charge < -0.3 is 9.72 Å². The fraction of sp³-hybridized carbons (Fsp3) is 0.267. The van der Waals surface area contributed by atoms with Crippen molar-refractivity contribution in [3.63, 3.8) is 0 Å². The van der Waals surface area contributed by atoms with Crippen LogP contribution in [0.25, 0.3) is 10.9 Å². The number of hydrogen-bond acceptors (Lipinski definition) is 6. The molecular formula is C30H31FN6O2. The van der Waals surface area contributed by atoms with Gasteiger partial charge in [-0.05, 0) is 70.8 Å². The largest absolute Gasteiger partial charge is 0.497 e. The van der Waals surface area contributed by atoms with E-state index < -0.39 is 0 Å². The van der Waals surface area contributed by atoms with Crippen LogP contribution in [0.3, 0.4) is 0 Å². The van der Waals surface area contributed by atoms with E-state index in [0.717, 1.165) is 35.1 Å². The van der Waals surface area contributed by atoms with E-state index in [9.17, 15) is 9.18 Å². The molecule has 39 heavy (non-hydrogen) atoms. The summed E-state index contributed by atoms with van der Waals surface area (Å²) in [6.45, 7) is 3.62. The molecule has 1 atom stereocenters. The van der Waals surface area contributed by atoms with Crippen LogP contribution in [0.1, 0.15) is 41.9 Å². The van der Waals surface area contributed by atoms with Crippen LogP contribution >= 0.6 is 0 Å². The predicted octanol–water partition coefficient (Wildman–Crippen LogP) is 4.91. The number of fused-ring (bicyclic) bond motifs is 1. The molecule has 0 unspecified atom stereocenters. The van der Waals surface area contributed by atoms with Crippen molar-refractivity contribution in [3.05, 3.63) is 118 Å². The van der Waals surface area contributed by atoms with Crippen LogP contribution in [0.4, 0.5) is 4.39 Å². The number of aromatic nitrogens is 5. The number of halogens is 1. The molecule has 3 aromatic carbocycles. The first kappa shape index (κ1) is 26.2. The molecule has 0 fully saturated rings. The van der Waals surface area contributed by atoms with Crippen molar-refractivity contribution in [2.24, 2.45) is 0 Å². The fourth-order valence-corrected chi connectivity index (χ4v) is 4.89. The Morgan fingerprint density at radius 3 is 2.56 bits per heavy atom. The summed E-state index contributed by atoms with van der Waals surface area (Å²) in [6.07, 6.45) is 1.54. The van der Waals surface area contributed by atoms with Gasteiger partial charge in [-0.3, -0.25) is 9.69 Å². The van der Waals surface area contributed by atoms with E-state index in [1.807, 2.05) is 42.5 Å². The van der Waals surface area contributed by atoms with Crippen LogP contribution in [0.2, 0.25) is 0 Å². The van der Waals surface area contributed by atoms with Crippen LogP contribution in [0.5, 0.6) is 5.75 Å². The van der Waals surface area contributed by atoms with Gasteiger partial charge in [-0.1, -0.05) is 49.4 Å². The molecule has 0 spiro atoms. The summed E-state index contributed by atoms with van der Waals surface area (Å²) < 4.78 is 20.6. The van der Waals surface area contributed by atoms with E-state index in [1.165, 1.54) is 17.7 Å². The Labute approximate surface area is 226 Å². The molecule has 0 saturated carbocycles. The van der Waals surface area contributed by atoms with Gasteiger partial charge in [0, 0.05) is 29.6 Å². The lowest BCUT2D eigenvalue weighted by molar-refractivity contribution is 0.172. The zero-order chi connectivity index (χ0) is 27.2. The van der Waals surface area contributed by atoms with Gasteiger partial charge in [-0.2, -0.15) is 0 Å². The molecule has 0 aliphatic heterocycles. The van der Waals surface area contributed by atoms with Crippen LogP contribution in [-0.2, 0) is 19.5 Å². The van der Waals surface area contributed by atoms with Crippen molar-refractivity contribution in [2.45, 2.75) is 38.9 Å². The SMILES string of the molecule is CC[C@H](c1nnnn1Cc1ccc(F)cc1)N(CCc1ccccc1)Cc1cc2cc(OC)ccc2[nH]c1=O. The topological polar surface area (TPSA) is 88.9 Å². The summed E-state index contributed by atoms with van der Waals surface area (Å²) in [4.78, 5) is 18.4. The van der Waals surface area contributed by atoms with E-state index in [0.29, 0.717) is 31.0 Å². The maximum atomic E-state index is 13.4. The molecule has 5 rings (SSSR count). The average Bonchev–Trinajstić information content (AvgIpc) is 3.41. The Bertz CT molecular complexity index is 1580. The van der Waals surface area contributed by atoms with Crippen molar-refractivity contribution < 1.29 is 9.13 Å². The highest BCUT2D eigenvalue weighted by molar-refractivity contribution is 5.80. The van der Waals surface area contributed by atoms with E-state index >= 15 is 0 Å². The smallest absolute Gasteiger partial charge is 0.252 e. The van der Waals surface area contributed by atoms with Gasteiger partial charge in [0.1, 0.15) is 11.6 Å². The predicted molar refractivity (Wildman–Crippen MR) is 148 cm³/mol. The van der Waals surface area contributed by atoms with E-state index in [-0.39, 0.29) is 17.4 Å². The zero-order valence-electron chi connectivity index (χ0n) is 22.0. The summed E-state index contributed by atoms with van der Waals surface area (Å²) in [5.41, 5.74) is 3.39. The third kappa shape index (κ3) is 6.21. The zero-order valence-corrected chi connectivity index (χ0v) is 22.0. The second kappa shape index (κ2) is 12.0. The monoisotopic (exact) mass is 526 g/mol. The normalized spacial score (nSPS) is 12.2. The molecule has 0 aliphatic rings. The second-order valence-corrected chi connectivity index (χ2v) is 9.53. The summed E-state index contributed by atoms with van der Waals surface area (Å²) in [6, 6.07) is 24.0. The highest BCUT2D eigenvalue weighted by Crippen LogP contribution is 2.26. The molecule has 0 bridgehead atoms. The minimum absolute atomic E-state index is 0.127. The Morgan fingerprint density at radius 1 is 1.03 bits per heavy atom. The minimum Gasteiger partial charge on any atom is -0.497 e. The van der Waals surface area contributed by atoms with Crippen molar-refractivity contribution in [3.8, 4) is 5.75 Å². The first-order valence-electron chi connectivity index (χ1n) is 13.0. The highest BCUT2D eigenvalue weighted by atomic mass is 19.1. The van der Waals surface area contributed by atoms with Crippen LogP contribution in [0.15, 0.2) is 83.7 Å². The maximum absolute atomic E-state index is 13.4. The van der Waals surface area contributed by atoms with E-state index in [1.54, 1.807) is 23.9 Å². The molecule has 9 heteroatoms. The summed E-state index contributed by atoms with van der Waals surface area (Å²) in [7, 11) is 1.63. The van der Waals surface area contributed by atoms with Crippen molar-refractivity contribution in [1.82, 2.24) is 30.1 Å². The molecule has 200 valence electrons. The molecule has 8 nitrogen and oxygen atoms in total. The number of aromatic amines is 1. The first-order valence-corrected chi connectivity index (χ1v) is 13.0. The van der Waals surface area contributed by atoms with Crippen LogP contribution in [0, 0.1) is 5.82 Å². The number of methoxy groups -OCH3 is 1. The van der Waals surface area contributed by atoms with Crippen LogP contribution in [-0.4, -0.2) is 43.7 Å². The van der Waals surface area contributed by atoms with Gasteiger partial charge in [0.15, 0.2) is 5.82 Å². The standard InChI is InChI=1S/C30H31FN6O2/c1-3-28(29-33-34-35-37(29)19-22-9-11-25(31)12-10-22)36(16-15-21-7-5-4-6-8-21)20-24-17-23-18-26(39-2)13-14-27(23)32-30(24)38/h4-14,17-18,28H,3,15-16,19-20H2,1-2H3,(H,32,38)/t28-/m1/s1. The molecule has 5 aromatic rings. The van der Waals surface area contributed by atoms with Gasteiger partial charge in [-0.15, -0.1) is 5.10 Å². The summed E-state index contributed by atoms with van der Waals surface area (Å²) in [5, 5.41) is 13.5. The van der Waals surface area contributed by atoms with Crippen molar-refractivity contribution in [1.29, 1.82) is 0 Å². The molecule has 0 aliphatic carbocycles. The third-order valence-corrected chi connectivity index (χ3v) is 6.96. The number of H-pyrrole nitrogens is 1. The van der Waals surface area contributed by atoms with Gasteiger partial charge in [0.25, 0.3) is 5.56 Å². The number of nitrogens with zero attached hydrogens (tertiary/aromatic N) is 5. The lowest BCUT2D eigenvalue weighted by atomic mass is 10.1. The van der Waals surface area contributed by atoms with Gasteiger partial charge >= 0.3 is 0 Å². The average molecular weight is 527 g/mol. The lowest BCUT2D eigenvalue weighted by Crippen LogP contribution is -2.34. The summed E-state index contributed by atoms with van der Waals surface area (Å²) >= 11 is 0. The quantitative estimate of drug-likeness (QED) is 0.263. The Morgan fingerprint density at radius 2 is 1.82 bits per heavy atom. The van der Waals surface area contributed by atoms with E-state index in [4.69, 9.17) is 4.74 Å². The number of tetrazole rings is 1. The lowest BCUT2D eigenvalue weighted by Gasteiger charge is -2.30. The Balaban J connectivity index is 1.48. The summed E-state index contributed by atoms with van der Waals surface area (Å²) in [5.74, 6) is 1.15. The second-order valence-electron chi connectivity index (χ2n) is 9.53. The highest BCUT2D eigenvalue weighted by Gasteiger charge is 2.26. The van der Waals surface area contributed by atoms with E-state index in [2.05, 4.69) is 44.5 Å². The number of ether oxygens (including phenoxy) is 1. The maximum Gasteiger partial charge on any atom is 0.252 e. The van der Waals surface area contributed by atoms with Crippen molar-refractivity contribution >= 4 is 10.9 Å². The van der Waals surface area contributed by atoms with Gasteiger partial charge in [0.2, 0.25) is 0 Å². The third-order valence-electron chi connectivity index (χ3n) is 6.96. The number of pyridine rings is 1. The molecule has 0 saturated heterocycles. The molecule has 0 amide bonds. The number of nitrogens with one attached hydrogen (secondary N) is 1. The van der Waals surface area contributed by atoms with Gasteiger partial charge in [-0.25, -0.2) is 9.07 Å². The van der Waals surface area contributed by atoms with Crippen molar-refractivity contribution in [2.75, 3.05) is 13.7 Å². The molecule has 2 aromatic heterocycles. The molecule has 0 radical (unpaired) electrons. The number of rotatable bonds is 11. The Hall–Kier alpha value is -4.37. The fourth-order valence-electron chi connectivity index (χ4n) is 4.89. The Kier molecular flexibility index (Phi) is 8.07. The molecule has 2 heterocycles. The van der Waals surface area contributed by atoms with Gasteiger partial charge in [0.05, 0.1) is 19.7 Å². The molecule has 1 N–H and O–H groups in total. The van der Waals surface area contributed by atoms with Crippen LogP contribution < -0.4 is 10.3 Å². The number of hydrogen-bond donors (Lipinski definition) is 1. The molecular weight excluding hydrogens is 495 g/mol. The minimum atomic E-state index is -0.285.